The molecule has 1 unspecified atom stereocenters. The van der Waals surface area contributed by atoms with E-state index in [2.05, 4.69) is 5.32 Å². The Kier molecular flexibility index (Phi) is 3.98. The molecule has 2 nitrogen and oxygen atoms in total. The number of carbonyl (C=O) groups excluding carboxylic acids is 1. The number of alkyl halides is 1. The Labute approximate surface area is 64.5 Å². The number of hydrogen-bond donors (Lipinski definition) is 1. The summed E-state index contributed by atoms with van der Waals surface area (Å²) in [4.78, 5) is 10.1. The Hall–Kier alpha value is 0.0500. The van der Waals surface area contributed by atoms with Gasteiger partial charge in [-0.1, -0.05) is 25.4 Å². The first-order chi connectivity index (χ1) is 4.04. The molecule has 1 atom stereocenters. The van der Waals surface area contributed by atoms with E-state index in [1.807, 2.05) is 13.8 Å². The van der Waals surface area contributed by atoms with Gasteiger partial charge in [0.15, 0.2) is 0 Å². The van der Waals surface area contributed by atoms with Crippen molar-refractivity contribution in [3.63, 3.8) is 0 Å². The molecule has 54 valence electrons. The molecule has 0 saturated carbocycles. The van der Waals surface area contributed by atoms with Crippen LogP contribution in [0.3, 0.4) is 0 Å². The van der Waals surface area contributed by atoms with Crippen molar-refractivity contribution in [2.45, 2.75) is 19.3 Å². The van der Waals surface area contributed by atoms with Crippen LogP contribution in [0.5, 0.6) is 0 Å². The van der Waals surface area contributed by atoms with Gasteiger partial charge in [-0.2, -0.15) is 0 Å². The van der Waals surface area contributed by atoms with Crippen molar-refractivity contribution in [1.82, 2.24) is 5.32 Å². The summed E-state index contributed by atoms with van der Waals surface area (Å²) in [7, 11) is 0. The molecule has 0 radical (unpaired) electrons. The molecule has 1 N–H and O–H groups in total. The van der Waals surface area contributed by atoms with Crippen molar-refractivity contribution in [2.75, 3.05) is 0 Å². The van der Waals surface area contributed by atoms with Crippen LogP contribution in [0.25, 0.3) is 0 Å². The number of nitrogens with one attached hydrogen (secondary N) is 1. The lowest BCUT2D eigenvalue weighted by molar-refractivity contribution is 0.257. The van der Waals surface area contributed by atoms with Crippen LogP contribution >= 0.6 is 23.2 Å². The molecular formula is C5H9Cl2NO. The van der Waals surface area contributed by atoms with Gasteiger partial charge in [-0.25, -0.2) is 0 Å². The molecule has 0 aliphatic carbocycles. The molecule has 0 fully saturated rings. The molecular weight excluding hydrogens is 161 g/mol. The maximum absolute atomic E-state index is 10.1. The van der Waals surface area contributed by atoms with Crippen molar-refractivity contribution < 1.29 is 4.79 Å². The van der Waals surface area contributed by atoms with Gasteiger partial charge in [0.2, 0.25) is 0 Å². The van der Waals surface area contributed by atoms with Gasteiger partial charge in [0.1, 0.15) is 5.50 Å². The summed E-state index contributed by atoms with van der Waals surface area (Å²) < 4.78 is 0. The molecule has 0 aliphatic heterocycles. The highest BCUT2D eigenvalue weighted by Crippen LogP contribution is 2.05. The van der Waals surface area contributed by atoms with E-state index in [0.29, 0.717) is 0 Å². The minimum Gasteiger partial charge on any atom is -0.326 e. The van der Waals surface area contributed by atoms with E-state index in [4.69, 9.17) is 23.2 Å². The predicted octanol–water partition coefficient (Wildman–Crippen LogP) is 2.16. The second kappa shape index (κ2) is 3.96. The van der Waals surface area contributed by atoms with Gasteiger partial charge in [0.05, 0.1) is 0 Å². The summed E-state index contributed by atoms with van der Waals surface area (Å²) >= 11 is 10.6. The summed E-state index contributed by atoms with van der Waals surface area (Å²) in [5.41, 5.74) is -0.366. The zero-order valence-corrected chi connectivity index (χ0v) is 6.83. The molecule has 1 amide bonds. The highest BCUT2D eigenvalue weighted by atomic mass is 35.5. The van der Waals surface area contributed by atoms with E-state index in [1.54, 1.807) is 0 Å². The smallest absolute Gasteiger partial charge is 0.314 e. The fourth-order valence-electron chi connectivity index (χ4n) is 0.275. The van der Waals surface area contributed by atoms with Crippen molar-refractivity contribution in [3.05, 3.63) is 0 Å². The van der Waals surface area contributed by atoms with Gasteiger partial charge in [-0.3, -0.25) is 4.79 Å². The van der Waals surface area contributed by atoms with Gasteiger partial charge in [0, 0.05) is 0 Å². The second-order valence-corrected chi connectivity index (χ2v) is 2.88. The van der Waals surface area contributed by atoms with Crippen LogP contribution in [0.15, 0.2) is 0 Å². The highest BCUT2D eigenvalue weighted by Gasteiger charge is 2.09. The molecule has 0 aliphatic rings. The van der Waals surface area contributed by atoms with E-state index in [-0.39, 0.29) is 11.4 Å². The monoisotopic (exact) mass is 169 g/mol. The van der Waals surface area contributed by atoms with Gasteiger partial charge in [-0.15, -0.1) is 0 Å². The fraction of sp³-hybridized carbons (Fsp3) is 0.800. The van der Waals surface area contributed by atoms with Crippen LogP contribution in [0.2, 0.25) is 0 Å². The fourth-order valence-corrected chi connectivity index (χ4v) is 0.548. The lowest BCUT2D eigenvalue weighted by Gasteiger charge is -2.11. The minimum absolute atomic E-state index is 0.203. The Morgan fingerprint density at radius 2 is 2.00 bits per heavy atom. The molecule has 0 aromatic carbocycles. The minimum atomic E-state index is -0.608. The predicted molar refractivity (Wildman–Crippen MR) is 38.9 cm³/mol. The van der Waals surface area contributed by atoms with Crippen molar-refractivity contribution in [2.24, 2.45) is 5.92 Å². The number of carbonyl (C=O) groups is 1. The summed E-state index contributed by atoms with van der Waals surface area (Å²) in [6, 6.07) is 0. The topological polar surface area (TPSA) is 29.1 Å². The van der Waals surface area contributed by atoms with E-state index in [0.717, 1.165) is 0 Å². The number of halogens is 2. The molecule has 0 spiro atoms. The first kappa shape index (κ1) is 9.05. The Morgan fingerprint density at radius 1 is 1.56 bits per heavy atom. The Bertz CT molecular complexity index is 105. The maximum Gasteiger partial charge on any atom is 0.314 e. The number of rotatable bonds is 2. The largest absolute Gasteiger partial charge is 0.326 e. The maximum atomic E-state index is 10.1. The quantitative estimate of drug-likeness (QED) is 0.384. The molecule has 0 rings (SSSR count). The van der Waals surface area contributed by atoms with Crippen LogP contribution in [0, 0.1) is 5.92 Å². The summed E-state index contributed by atoms with van der Waals surface area (Å²) in [5.74, 6) is 0.203. The van der Waals surface area contributed by atoms with Crippen LogP contribution in [-0.4, -0.2) is 10.9 Å². The van der Waals surface area contributed by atoms with Gasteiger partial charge in [0.25, 0.3) is 0 Å². The second-order valence-electron chi connectivity index (χ2n) is 2.06. The van der Waals surface area contributed by atoms with Crippen LogP contribution in [-0.2, 0) is 0 Å². The average Bonchev–Trinajstić information content (AvgIpc) is 1.63. The molecule has 0 aromatic rings. The number of amides is 1. The van der Waals surface area contributed by atoms with Gasteiger partial charge in [-0.05, 0) is 17.5 Å². The molecule has 9 heavy (non-hydrogen) atoms. The molecule has 0 heterocycles. The average molecular weight is 170 g/mol. The Morgan fingerprint density at radius 3 is 2.11 bits per heavy atom. The van der Waals surface area contributed by atoms with Crippen LogP contribution in [0.4, 0.5) is 4.79 Å². The zero-order valence-electron chi connectivity index (χ0n) is 5.32. The lowest BCUT2D eigenvalue weighted by Crippen LogP contribution is -2.30. The summed E-state index contributed by atoms with van der Waals surface area (Å²) in [6.07, 6.45) is 0. The van der Waals surface area contributed by atoms with Gasteiger partial charge >= 0.3 is 5.37 Å². The number of hydrogen-bond acceptors (Lipinski definition) is 1. The van der Waals surface area contributed by atoms with Crippen molar-refractivity contribution in [3.8, 4) is 0 Å². The van der Waals surface area contributed by atoms with Crippen molar-refractivity contribution in [1.29, 1.82) is 0 Å². The van der Waals surface area contributed by atoms with E-state index in [9.17, 15) is 4.79 Å². The zero-order chi connectivity index (χ0) is 7.44. The third-order valence-corrected chi connectivity index (χ3v) is 1.56. The third kappa shape index (κ3) is 4.55. The van der Waals surface area contributed by atoms with E-state index < -0.39 is 5.37 Å². The highest BCUT2D eigenvalue weighted by molar-refractivity contribution is 6.63. The standard InChI is InChI=1S/C5H9Cl2NO/c1-3(2)4(6)8-5(7)9/h3-4H,1-2H3,(H,8,9). The summed E-state index contributed by atoms with van der Waals surface area (Å²) in [6.45, 7) is 3.79. The normalized spacial score (nSPS) is 13.4. The molecule has 0 saturated heterocycles. The van der Waals surface area contributed by atoms with E-state index >= 15 is 0 Å². The van der Waals surface area contributed by atoms with Crippen LogP contribution < -0.4 is 5.32 Å². The van der Waals surface area contributed by atoms with Crippen LogP contribution in [0.1, 0.15) is 13.8 Å². The SMILES string of the molecule is CC(C)C(Cl)NC(=O)Cl. The third-order valence-electron chi connectivity index (χ3n) is 0.837. The summed E-state index contributed by atoms with van der Waals surface area (Å²) in [5, 5.41) is 1.73. The van der Waals surface area contributed by atoms with Crippen molar-refractivity contribution >= 4 is 28.6 Å². The molecule has 0 bridgehead atoms. The first-order valence-electron chi connectivity index (χ1n) is 2.64. The Balaban J connectivity index is 3.50. The molecule has 4 heteroatoms. The van der Waals surface area contributed by atoms with E-state index in [1.165, 1.54) is 0 Å². The molecule has 0 aromatic heterocycles. The first-order valence-corrected chi connectivity index (χ1v) is 3.45. The lowest BCUT2D eigenvalue weighted by atomic mass is 10.2. The van der Waals surface area contributed by atoms with Gasteiger partial charge < -0.3 is 5.32 Å².